The number of ether oxygens (including phenoxy) is 2. The molecule has 1 saturated heterocycles. The molecule has 1 aromatic rings. The second kappa shape index (κ2) is 5.64. The van der Waals surface area contributed by atoms with Gasteiger partial charge in [0.15, 0.2) is 16.6 Å². The minimum absolute atomic E-state index is 0.109. The number of esters is 1. The average molecular weight is 285 g/mol. The third-order valence-corrected chi connectivity index (χ3v) is 4.25. The number of hydrogen-bond donors (Lipinski definition) is 1. The Morgan fingerprint density at radius 2 is 2.32 bits per heavy atom. The fourth-order valence-corrected chi connectivity index (χ4v) is 3.14. The van der Waals surface area contributed by atoms with Gasteiger partial charge in [-0.2, -0.15) is 4.37 Å². The first-order valence-corrected chi connectivity index (χ1v) is 7.06. The lowest BCUT2D eigenvalue weighted by Crippen LogP contribution is -2.24. The van der Waals surface area contributed by atoms with E-state index in [1.807, 2.05) is 13.8 Å². The van der Waals surface area contributed by atoms with E-state index in [1.165, 1.54) is 18.6 Å². The Balaban J connectivity index is 2.18. The van der Waals surface area contributed by atoms with Gasteiger partial charge < -0.3 is 20.1 Å². The van der Waals surface area contributed by atoms with E-state index in [4.69, 9.17) is 15.2 Å². The summed E-state index contributed by atoms with van der Waals surface area (Å²) in [7, 11) is 1.42. The van der Waals surface area contributed by atoms with Crippen molar-refractivity contribution in [1.29, 1.82) is 0 Å². The first kappa shape index (κ1) is 13.9. The number of methoxy groups -OCH3 is 1. The van der Waals surface area contributed by atoms with Gasteiger partial charge in [0.1, 0.15) is 0 Å². The Bertz CT molecular complexity index is 463. The Morgan fingerprint density at radius 3 is 2.95 bits per heavy atom. The average Bonchev–Trinajstić information content (AvgIpc) is 2.94. The summed E-state index contributed by atoms with van der Waals surface area (Å²) in [5.74, 6) is 1.01. The number of carbonyl (C=O) groups excluding carboxylic acids is 1. The number of hydrogen-bond acceptors (Lipinski definition) is 7. The molecule has 1 aliphatic heterocycles. The van der Waals surface area contributed by atoms with Crippen LogP contribution in [0.25, 0.3) is 0 Å². The summed E-state index contributed by atoms with van der Waals surface area (Å²) in [4.78, 5) is 13.8. The van der Waals surface area contributed by atoms with E-state index < -0.39 is 0 Å². The minimum atomic E-state index is -0.162. The summed E-state index contributed by atoms with van der Waals surface area (Å²) in [5.41, 5.74) is 5.81. The fraction of sp³-hybridized carbons (Fsp3) is 0.667. The number of rotatable bonds is 4. The molecular formula is C12H19N3O3S. The number of anilines is 2. The van der Waals surface area contributed by atoms with Crippen LogP contribution < -0.4 is 15.4 Å². The lowest BCUT2D eigenvalue weighted by Gasteiger charge is -2.17. The summed E-state index contributed by atoms with van der Waals surface area (Å²) >= 11 is 1.31. The molecule has 2 atom stereocenters. The van der Waals surface area contributed by atoms with Crippen molar-refractivity contribution >= 4 is 28.3 Å². The molecule has 7 heteroatoms. The molecule has 1 aliphatic rings. The summed E-state index contributed by atoms with van der Waals surface area (Å²) in [6.45, 7) is 5.90. The number of aromatic nitrogens is 1. The highest BCUT2D eigenvalue weighted by Gasteiger charge is 2.37. The van der Waals surface area contributed by atoms with Crippen molar-refractivity contribution in [2.75, 3.05) is 37.4 Å². The van der Waals surface area contributed by atoms with Crippen LogP contribution in [0, 0.1) is 11.8 Å². The van der Waals surface area contributed by atoms with Crippen molar-refractivity contribution in [3.8, 4) is 5.75 Å². The van der Waals surface area contributed by atoms with Gasteiger partial charge in [0.2, 0.25) is 0 Å². The summed E-state index contributed by atoms with van der Waals surface area (Å²) in [6.07, 6.45) is 0. The summed E-state index contributed by atoms with van der Waals surface area (Å²) in [6, 6.07) is 0. The second-order valence-corrected chi connectivity index (χ2v) is 5.40. The molecule has 0 amide bonds. The van der Waals surface area contributed by atoms with Gasteiger partial charge in [-0.05, 0) is 24.4 Å². The van der Waals surface area contributed by atoms with E-state index in [0.717, 1.165) is 11.5 Å². The number of nitrogen functional groups attached to an aromatic ring is 1. The molecule has 0 spiro atoms. The fourth-order valence-electron chi connectivity index (χ4n) is 2.36. The van der Waals surface area contributed by atoms with Crippen LogP contribution in [0.5, 0.6) is 5.75 Å². The Hall–Kier alpha value is -1.50. The molecule has 1 aromatic heterocycles. The zero-order valence-corrected chi connectivity index (χ0v) is 12.2. The Kier molecular flexibility index (Phi) is 4.14. The third-order valence-electron chi connectivity index (χ3n) is 3.35. The molecule has 19 heavy (non-hydrogen) atoms. The Morgan fingerprint density at radius 1 is 1.58 bits per heavy atom. The predicted octanol–water partition coefficient (Wildman–Crippen LogP) is 1.37. The van der Waals surface area contributed by atoms with Gasteiger partial charge in [-0.3, -0.25) is 4.79 Å². The SMILES string of the molecule is CCOc1c(N)nsc1N1CC(C)C(C(=O)OC)C1. The maximum absolute atomic E-state index is 11.7. The number of carbonyl (C=O) groups is 1. The van der Waals surface area contributed by atoms with Gasteiger partial charge in [-0.15, -0.1) is 0 Å². The molecule has 2 N–H and O–H groups in total. The summed E-state index contributed by atoms with van der Waals surface area (Å²) in [5, 5.41) is 0.901. The first-order valence-electron chi connectivity index (χ1n) is 6.29. The third kappa shape index (κ3) is 2.60. The molecule has 1 fully saturated rings. The van der Waals surface area contributed by atoms with Gasteiger partial charge in [0.05, 0.1) is 19.6 Å². The van der Waals surface area contributed by atoms with E-state index in [2.05, 4.69) is 9.27 Å². The van der Waals surface area contributed by atoms with Crippen molar-refractivity contribution < 1.29 is 14.3 Å². The lowest BCUT2D eigenvalue weighted by atomic mass is 9.99. The molecule has 2 heterocycles. The number of nitrogens with two attached hydrogens (primary N) is 1. The highest BCUT2D eigenvalue weighted by Crippen LogP contribution is 2.41. The van der Waals surface area contributed by atoms with Gasteiger partial charge in [0, 0.05) is 13.1 Å². The van der Waals surface area contributed by atoms with Crippen LogP contribution in [-0.4, -0.2) is 37.1 Å². The van der Waals surface area contributed by atoms with Crippen molar-refractivity contribution in [2.24, 2.45) is 11.8 Å². The van der Waals surface area contributed by atoms with E-state index in [1.54, 1.807) is 0 Å². The van der Waals surface area contributed by atoms with Crippen LogP contribution >= 0.6 is 11.5 Å². The maximum atomic E-state index is 11.7. The van der Waals surface area contributed by atoms with Crippen molar-refractivity contribution in [3.05, 3.63) is 0 Å². The predicted molar refractivity (Wildman–Crippen MR) is 74.6 cm³/mol. The quantitative estimate of drug-likeness (QED) is 0.842. The topological polar surface area (TPSA) is 77.7 Å². The van der Waals surface area contributed by atoms with Crippen LogP contribution in [0.15, 0.2) is 0 Å². The smallest absolute Gasteiger partial charge is 0.310 e. The van der Waals surface area contributed by atoms with Crippen LogP contribution in [-0.2, 0) is 9.53 Å². The minimum Gasteiger partial charge on any atom is -0.487 e. The normalized spacial score (nSPS) is 22.6. The standard InChI is InChI=1S/C12H19N3O3S/c1-4-18-9-10(13)14-19-11(9)15-5-7(2)8(6-15)12(16)17-3/h7-8H,4-6H2,1-3H3,(H2,13,14). The van der Waals surface area contributed by atoms with Gasteiger partial charge >= 0.3 is 5.97 Å². The molecule has 0 aromatic carbocycles. The van der Waals surface area contributed by atoms with Crippen LogP contribution in [0.1, 0.15) is 13.8 Å². The zero-order valence-electron chi connectivity index (χ0n) is 11.4. The molecule has 6 nitrogen and oxygen atoms in total. The van der Waals surface area contributed by atoms with Gasteiger partial charge in [-0.25, -0.2) is 0 Å². The molecule has 0 saturated carbocycles. The zero-order chi connectivity index (χ0) is 14.0. The van der Waals surface area contributed by atoms with E-state index in [-0.39, 0.29) is 17.8 Å². The van der Waals surface area contributed by atoms with Gasteiger partial charge in [0.25, 0.3) is 0 Å². The molecular weight excluding hydrogens is 266 g/mol. The first-order chi connectivity index (χ1) is 9.08. The van der Waals surface area contributed by atoms with Crippen LogP contribution in [0.3, 0.4) is 0 Å². The number of nitrogens with zero attached hydrogens (tertiary/aromatic N) is 2. The van der Waals surface area contributed by atoms with E-state index in [9.17, 15) is 4.79 Å². The van der Waals surface area contributed by atoms with Crippen LogP contribution in [0.2, 0.25) is 0 Å². The van der Waals surface area contributed by atoms with Crippen molar-refractivity contribution in [1.82, 2.24) is 4.37 Å². The molecule has 0 aliphatic carbocycles. The van der Waals surface area contributed by atoms with Crippen molar-refractivity contribution in [3.63, 3.8) is 0 Å². The van der Waals surface area contributed by atoms with Crippen LogP contribution in [0.4, 0.5) is 10.8 Å². The Labute approximate surface area is 116 Å². The van der Waals surface area contributed by atoms with Gasteiger partial charge in [-0.1, -0.05) is 6.92 Å². The highest BCUT2D eigenvalue weighted by molar-refractivity contribution is 7.11. The second-order valence-electron chi connectivity index (χ2n) is 4.65. The van der Waals surface area contributed by atoms with E-state index in [0.29, 0.717) is 24.7 Å². The van der Waals surface area contributed by atoms with E-state index >= 15 is 0 Å². The highest BCUT2D eigenvalue weighted by atomic mass is 32.1. The maximum Gasteiger partial charge on any atom is 0.310 e. The molecule has 0 bridgehead atoms. The molecule has 2 rings (SSSR count). The molecule has 106 valence electrons. The molecule has 0 radical (unpaired) electrons. The monoisotopic (exact) mass is 285 g/mol. The largest absolute Gasteiger partial charge is 0.487 e. The van der Waals surface area contributed by atoms with Crippen molar-refractivity contribution in [2.45, 2.75) is 13.8 Å². The summed E-state index contributed by atoms with van der Waals surface area (Å²) < 4.78 is 14.5. The lowest BCUT2D eigenvalue weighted by molar-refractivity contribution is -0.145. The molecule has 2 unspecified atom stereocenters.